The molecule has 3 heterocycles. The van der Waals surface area contributed by atoms with E-state index >= 15 is 0 Å². The van der Waals surface area contributed by atoms with Crippen LogP contribution in [0.15, 0.2) is 36.5 Å². The quantitative estimate of drug-likeness (QED) is 0.848. The van der Waals surface area contributed by atoms with Gasteiger partial charge in [0.2, 0.25) is 0 Å². The van der Waals surface area contributed by atoms with Crippen LogP contribution in [0.5, 0.6) is 5.75 Å². The van der Waals surface area contributed by atoms with Crippen molar-refractivity contribution in [1.29, 1.82) is 0 Å². The third-order valence-corrected chi connectivity index (χ3v) is 5.90. The van der Waals surface area contributed by atoms with E-state index in [2.05, 4.69) is 41.9 Å². The summed E-state index contributed by atoms with van der Waals surface area (Å²) in [5.74, 6) is 1.74. The Balaban J connectivity index is 1.33. The number of nitrogens with zero attached hydrogens (tertiary/aromatic N) is 1. The van der Waals surface area contributed by atoms with Crippen LogP contribution < -0.4 is 19.5 Å². The summed E-state index contributed by atoms with van der Waals surface area (Å²) in [5.41, 5.74) is 1.87. The number of hydrogen-bond acceptors (Lipinski definition) is 2. The molecule has 2 aliphatic rings. The molecule has 0 amide bonds. The number of aromatic nitrogens is 1. The molecular formula is C22H28F3N3O+2. The van der Waals surface area contributed by atoms with E-state index in [9.17, 15) is 13.2 Å². The molecule has 2 aliphatic heterocycles. The van der Waals surface area contributed by atoms with E-state index in [0.717, 1.165) is 69.4 Å². The molecule has 4 rings (SSSR count). The highest BCUT2D eigenvalue weighted by Gasteiger charge is 2.33. The van der Waals surface area contributed by atoms with Gasteiger partial charge in [-0.15, -0.1) is 0 Å². The number of piperazine rings is 1. The molecule has 0 saturated carbocycles. The molecule has 2 aromatic rings. The summed E-state index contributed by atoms with van der Waals surface area (Å²) < 4.78 is 44.2. The second kappa shape index (κ2) is 7.52. The van der Waals surface area contributed by atoms with Crippen molar-refractivity contribution in [3.63, 3.8) is 0 Å². The minimum atomic E-state index is -4.31. The summed E-state index contributed by atoms with van der Waals surface area (Å²) in [5, 5.41) is 0. The van der Waals surface area contributed by atoms with E-state index in [1.807, 2.05) is 0 Å². The first-order chi connectivity index (χ1) is 13.7. The smallest absolute Gasteiger partial charge is 0.419 e. The first-order valence-electron chi connectivity index (χ1n) is 10.2. The minimum absolute atomic E-state index is 0.0919. The first kappa shape index (κ1) is 20.0. The van der Waals surface area contributed by atoms with Crippen LogP contribution in [0, 0.1) is 0 Å². The summed E-state index contributed by atoms with van der Waals surface area (Å²) in [6.07, 6.45) is -1.19. The van der Waals surface area contributed by atoms with Gasteiger partial charge in [0.25, 0.3) is 5.82 Å². The third-order valence-electron chi connectivity index (χ3n) is 5.90. The fourth-order valence-corrected chi connectivity index (χ4v) is 4.14. The number of aromatic amines is 1. The molecule has 0 atom stereocenters. The second-order valence-corrected chi connectivity index (χ2v) is 8.68. The summed E-state index contributed by atoms with van der Waals surface area (Å²) in [4.78, 5) is 6.41. The molecule has 0 aliphatic carbocycles. The minimum Gasteiger partial charge on any atom is -0.488 e. The second-order valence-electron chi connectivity index (χ2n) is 8.68. The Bertz CT molecular complexity index is 857. The molecule has 1 aromatic heterocycles. The lowest BCUT2D eigenvalue weighted by molar-refractivity contribution is -0.914. The molecule has 0 radical (unpaired) electrons. The van der Waals surface area contributed by atoms with Crippen molar-refractivity contribution in [2.45, 2.75) is 45.0 Å². The summed E-state index contributed by atoms with van der Waals surface area (Å²) in [6, 6.07) is 9.19. The van der Waals surface area contributed by atoms with Gasteiger partial charge >= 0.3 is 6.18 Å². The third kappa shape index (κ3) is 4.66. The molecule has 1 saturated heterocycles. The molecule has 29 heavy (non-hydrogen) atoms. The number of benzene rings is 1. The molecule has 0 unspecified atom stereocenters. The monoisotopic (exact) mass is 407 g/mol. The van der Waals surface area contributed by atoms with Gasteiger partial charge in [-0.1, -0.05) is 0 Å². The fraction of sp³-hybridized carbons (Fsp3) is 0.500. The van der Waals surface area contributed by atoms with Gasteiger partial charge in [-0.2, -0.15) is 13.2 Å². The van der Waals surface area contributed by atoms with Gasteiger partial charge in [-0.25, -0.2) is 4.98 Å². The maximum absolute atomic E-state index is 12.7. The van der Waals surface area contributed by atoms with E-state index in [4.69, 9.17) is 4.74 Å². The zero-order chi connectivity index (χ0) is 20.6. The van der Waals surface area contributed by atoms with Crippen LogP contribution in [0.4, 0.5) is 19.0 Å². The normalized spacial score (nSPS) is 19.6. The highest BCUT2D eigenvalue weighted by atomic mass is 19.4. The van der Waals surface area contributed by atoms with Crippen LogP contribution in [0.1, 0.15) is 37.0 Å². The lowest BCUT2D eigenvalue weighted by Gasteiger charge is -2.33. The average molecular weight is 407 g/mol. The number of quaternary nitrogens is 1. The highest BCUT2D eigenvalue weighted by Crippen LogP contribution is 2.33. The van der Waals surface area contributed by atoms with Crippen molar-refractivity contribution in [2.75, 3.05) is 31.1 Å². The van der Waals surface area contributed by atoms with Crippen LogP contribution >= 0.6 is 0 Å². The number of alkyl halides is 3. The SMILES string of the molecule is CC1(C)CCc2cc(C[NH+]3CCN(c4ccc(C(F)(F)F)c[nH+]4)CC3)ccc2O1. The fourth-order valence-electron chi connectivity index (χ4n) is 4.14. The van der Waals surface area contributed by atoms with Gasteiger partial charge in [-0.3, -0.25) is 4.90 Å². The Labute approximate surface area is 169 Å². The maximum atomic E-state index is 12.7. The maximum Gasteiger partial charge on any atom is 0.419 e. The molecule has 2 N–H and O–H groups in total. The molecular weight excluding hydrogens is 379 g/mol. The van der Waals surface area contributed by atoms with Crippen LogP contribution in [-0.2, 0) is 19.1 Å². The Morgan fingerprint density at radius 2 is 1.90 bits per heavy atom. The van der Waals surface area contributed by atoms with Gasteiger partial charge in [0.1, 0.15) is 50.3 Å². The van der Waals surface area contributed by atoms with Crippen molar-refractivity contribution in [3.05, 3.63) is 53.2 Å². The van der Waals surface area contributed by atoms with E-state index < -0.39 is 11.7 Å². The lowest BCUT2D eigenvalue weighted by Crippen LogP contribution is -3.13. The number of rotatable bonds is 3. The lowest BCUT2D eigenvalue weighted by atomic mass is 9.93. The molecule has 7 heteroatoms. The summed E-state index contributed by atoms with van der Waals surface area (Å²) in [7, 11) is 0. The Morgan fingerprint density at radius 3 is 2.55 bits per heavy atom. The number of pyridine rings is 1. The van der Waals surface area contributed by atoms with Crippen molar-refractivity contribution >= 4 is 5.82 Å². The highest BCUT2D eigenvalue weighted by molar-refractivity contribution is 5.39. The average Bonchev–Trinajstić information content (AvgIpc) is 2.68. The van der Waals surface area contributed by atoms with Crippen LogP contribution in [0.25, 0.3) is 0 Å². The van der Waals surface area contributed by atoms with Gasteiger partial charge in [0, 0.05) is 11.6 Å². The summed E-state index contributed by atoms with van der Waals surface area (Å²) >= 11 is 0. The van der Waals surface area contributed by atoms with Crippen molar-refractivity contribution in [2.24, 2.45) is 0 Å². The predicted molar refractivity (Wildman–Crippen MR) is 104 cm³/mol. The van der Waals surface area contributed by atoms with Gasteiger partial charge in [0.05, 0.1) is 5.56 Å². The van der Waals surface area contributed by atoms with Gasteiger partial charge in [-0.05, 0) is 56.5 Å². The molecule has 156 valence electrons. The number of fused-ring (bicyclic) bond motifs is 1. The Morgan fingerprint density at radius 1 is 1.14 bits per heavy atom. The predicted octanol–water partition coefficient (Wildman–Crippen LogP) is 2.53. The number of aryl methyl sites for hydroxylation is 1. The molecule has 1 fully saturated rings. The van der Waals surface area contributed by atoms with Crippen molar-refractivity contribution < 1.29 is 27.8 Å². The number of halogens is 3. The number of H-pyrrole nitrogens is 1. The number of ether oxygens (including phenoxy) is 1. The Kier molecular flexibility index (Phi) is 5.19. The van der Waals surface area contributed by atoms with E-state index in [1.54, 1.807) is 0 Å². The van der Waals surface area contributed by atoms with Gasteiger partial charge < -0.3 is 9.64 Å². The topological polar surface area (TPSA) is 31.1 Å². The molecule has 0 spiro atoms. The zero-order valence-corrected chi connectivity index (χ0v) is 16.9. The van der Waals surface area contributed by atoms with Crippen molar-refractivity contribution in [3.8, 4) is 5.75 Å². The largest absolute Gasteiger partial charge is 0.488 e. The number of anilines is 1. The zero-order valence-electron chi connectivity index (χ0n) is 16.9. The first-order valence-corrected chi connectivity index (χ1v) is 10.2. The van der Waals surface area contributed by atoms with Crippen LogP contribution in [0.3, 0.4) is 0 Å². The van der Waals surface area contributed by atoms with Crippen LogP contribution in [0.2, 0.25) is 0 Å². The van der Waals surface area contributed by atoms with E-state index in [0.29, 0.717) is 0 Å². The molecule has 4 nitrogen and oxygen atoms in total. The van der Waals surface area contributed by atoms with Gasteiger partial charge in [0.15, 0.2) is 0 Å². The number of hydrogen-bond donors (Lipinski definition) is 1. The van der Waals surface area contributed by atoms with Crippen LogP contribution in [-0.4, -0.2) is 31.8 Å². The van der Waals surface area contributed by atoms with E-state index in [1.165, 1.54) is 22.1 Å². The molecule has 0 bridgehead atoms. The standard InChI is InChI=1S/C22H26F3N3O/c1-21(2)8-7-17-13-16(3-5-19(17)29-21)15-27-9-11-28(12-10-27)20-6-4-18(14-26-20)22(23,24)25/h3-6,13-14H,7-12,15H2,1-2H3/p+2. The molecule has 1 aromatic carbocycles. The summed E-state index contributed by atoms with van der Waals surface area (Å²) in [6.45, 7) is 8.76. The van der Waals surface area contributed by atoms with Crippen molar-refractivity contribution in [1.82, 2.24) is 0 Å². The van der Waals surface area contributed by atoms with E-state index in [-0.39, 0.29) is 5.60 Å². The number of nitrogens with one attached hydrogen (secondary N) is 2. The Hall–Kier alpha value is -2.28.